The molecule has 0 fully saturated rings. The molecule has 0 saturated heterocycles. The number of ketones is 1. The van der Waals surface area contributed by atoms with E-state index >= 15 is 0 Å². The normalized spacial score (nSPS) is 18.4. The van der Waals surface area contributed by atoms with E-state index in [1.807, 2.05) is 0 Å². The van der Waals surface area contributed by atoms with Crippen molar-refractivity contribution in [1.29, 1.82) is 0 Å². The molecule has 1 aromatic rings. The molecule has 0 spiro atoms. The molecule has 14 heavy (non-hydrogen) atoms. The first-order chi connectivity index (χ1) is 6.77. The van der Waals surface area contributed by atoms with Crippen molar-refractivity contribution in [3.05, 3.63) is 28.3 Å². The second-order valence-corrected chi connectivity index (χ2v) is 4.24. The smallest absolute Gasteiger partial charge is 0.165 e. The van der Waals surface area contributed by atoms with Crippen molar-refractivity contribution < 1.29 is 4.79 Å². The van der Waals surface area contributed by atoms with Gasteiger partial charge in [-0.15, -0.1) is 0 Å². The van der Waals surface area contributed by atoms with Crippen molar-refractivity contribution in [2.75, 3.05) is 5.73 Å². The molecule has 3 rings (SSSR count). The van der Waals surface area contributed by atoms with E-state index in [1.54, 1.807) is 0 Å². The fourth-order valence-corrected chi connectivity index (χ4v) is 2.74. The zero-order chi connectivity index (χ0) is 9.71. The number of rotatable bonds is 0. The van der Waals surface area contributed by atoms with E-state index in [-0.39, 0.29) is 5.78 Å². The maximum absolute atomic E-state index is 11.6. The van der Waals surface area contributed by atoms with E-state index in [9.17, 15) is 4.79 Å². The molecule has 72 valence electrons. The molecule has 0 aromatic heterocycles. The number of aryl methyl sites for hydroxylation is 2. The Hall–Kier alpha value is -1.31. The summed E-state index contributed by atoms with van der Waals surface area (Å²) in [6, 6.07) is 2.21. The predicted molar refractivity (Wildman–Crippen MR) is 55.5 cm³/mol. The third-order valence-corrected chi connectivity index (χ3v) is 3.42. The van der Waals surface area contributed by atoms with Crippen LogP contribution in [0.25, 0.3) is 0 Å². The first-order valence-corrected chi connectivity index (χ1v) is 5.23. The molecule has 2 heteroatoms. The molecule has 0 atom stereocenters. The molecule has 0 heterocycles. The van der Waals surface area contributed by atoms with Gasteiger partial charge in [0.05, 0.1) is 0 Å². The number of carbonyl (C=O) groups excluding carboxylic acids is 1. The van der Waals surface area contributed by atoms with Gasteiger partial charge in [-0.2, -0.15) is 0 Å². The van der Waals surface area contributed by atoms with Gasteiger partial charge in [0.25, 0.3) is 0 Å². The second-order valence-electron chi connectivity index (χ2n) is 4.24. The van der Waals surface area contributed by atoms with Crippen LogP contribution in [0.5, 0.6) is 0 Å². The zero-order valence-electron chi connectivity index (χ0n) is 8.10. The Bertz CT molecular complexity index is 434. The average Bonchev–Trinajstić information content (AvgIpc) is 2.74. The number of benzene rings is 1. The van der Waals surface area contributed by atoms with Crippen LogP contribution in [0.15, 0.2) is 6.07 Å². The zero-order valence-corrected chi connectivity index (χ0v) is 8.10. The van der Waals surface area contributed by atoms with Crippen molar-refractivity contribution in [2.45, 2.75) is 32.1 Å². The molecule has 0 unspecified atom stereocenters. The minimum atomic E-state index is 0.243. The Morgan fingerprint density at radius 1 is 1.07 bits per heavy atom. The highest BCUT2D eigenvalue weighted by Gasteiger charge is 2.27. The molecule has 0 amide bonds. The van der Waals surface area contributed by atoms with Gasteiger partial charge in [0, 0.05) is 17.7 Å². The molecule has 1 aromatic carbocycles. The summed E-state index contributed by atoms with van der Waals surface area (Å²) in [6.07, 6.45) is 4.94. The highest BCUT2D eigenvalue weighted by atomic mass is 16.1. The lowest BCUT2D eigenvalue weighted by Gasteiger charge is -2.09. The summed E-state index contributed by atoms with van der Waals surface area (Å²) in [4.78, 5) is 11.6. The SMILES string of the molecule is Nc1c2c(cc3c1C(=O)CC3)CCC2. The quantitative estimate of drug-likeness (QED) is 0.630. The number of nitrogens with two attached hydrogens (primary N) is 1. The number of anilines is 1. The molecule has 0 saturated carbocycles. The highest BCUT2D eigenvalue weighted by molar-refractivity contribution is 6.05. The predicted octanol–water partition coefficient (Wildman–Crippen LogP) is 1.89. The van der Waals surface area contributed by atoms with Crippen LogP contribution >= 0.6 is 0 Å². The lowest BCUT2D eigenvalue weighted by Crippen LogP contribution is -2.03. The van der Waals surface area contributed by atoms with E-state index in [0.29, 0.717) is 6.42 Å². The van der Waals surface area contributed by atoms with Crippen LogP contribution < -0.4 is 5.73 Å². The van der Waals surface area contributed by atoms with Crippen LogP contribution in [-0.4, -0.2) is 5.78 Å². The second kappa shape index (κ2) is 2.59. The number of hydrogen-bond acceptors (Lipinski definition) is 2. The van der Waals surface area contributed by atoms with Crippen LogP contribution in [0, 0.1) is 0 Å². The molecule has 2 N–H and O–H groups in total. The summed E-state index contributed by atoms with van der Waals surface area (Å²) in [5.41, 5.74) is 11.5. The minimum absolute atomic E-state index is 0.243. The van der Waals surface area contributed by atoms with Crippen LogP contribution in [0.2, 0.25) is 0 Å². The number of hydrogen-bond donors (Lipinski definition) is 1. The summed E-state index contributed by atoms with van der Waals surface area (Å²) in [6.45, 7) is 0. The third kappa shape index (κ3) is 0.884. The van der Waals surface area contributed by atoms with E-state index in [0.717, 1.165) is 30.5 Å². The van der Waals surface area contributed by atoms with E-state index in [2.05, 4.69) is 6.07 Å². The molecular formula is C12H13NO. The molecule has 2 aliphatic rings. The number of Topliss-reactive ketones (excluding diaryl/α,β-unsaturated/α-hetero) is 1. The Balaban J connectivity index is 2.30. The number of fused-ring (bicyclic) bond motifs is 2. The van der Waals surface area contributed by atoms with Gasteiger partial charge in [0.2, 0.25) is 0 Å². The maximum atomic E-state index is 11.6. The van der Waals surface area contributed by atoms with Crippen LogP contribution in [0.1, 0.15) is 39.9 Å². The Kier molecular flexibility index (Phi) is 1.49. The molecule has 2 aliphatic carbocycles. The van der Waals surface area contributed by atoms with Crippen molar-refractivity contribution in [3.63, 3.8) is 0 Å². The molecule has 0 radical (unpaired) electrons. The first kappa shape index (κ1) is 8.04. The standard InChI is InChI=1S/C12H13NO/c13-12-9-3-1-2-7(9)6-8-4-5-10(14)11(8)12/h6H,1-5,13H2. The Morgan fingerprint density at radius 2 is 1.93 bits per heavy atom. The van der Waals surface area contributed by atoms with Crippen LogP contribution in [-0.2, 0) is 19.3 Å². The van der Waals surface area contributed by atoms with Gasteiger partial charge in [-0.25, -0.2) is 0 Å². The third-order valence-electron chi connectivity index (χ3n) is 3.42. The topological polar surface area (TPSA) is 43.1 Å². The molecule has 2 nitrogen and oxygen atoms in total. The van der Waals surface area contributed by atoms with Gasteiger partial charge in [-0.05, 0) is 42.4 Å². The summed E-state index contributed by atoms with van der Waals surface area (Å²) >= 11 is 0. The summed E-state index contributed by atoms with van der Waals surface area (Å²) in [5, 5.41) is 0. The number of carbonyl (C=O) groups is 1. The number of nitrogen functional groups attached to an aromatic ring is 1. The lowest BCUT2D eigenvalue weighted by atomic mass is 9.99. The van der Waals surface area contributed by atoms with Gasteiger partial charge < -0.3 is 5.73 Å². The van der Waals surface area contributed by atoms with E-state index in [1.165, 1.54) is 23.1 Å². The van der Waals surface area contributed by atoms with Gasteiger partial charge in [-0.1, -0.05) is 6.07 Å². The molecular weight excluding hydrogens is 174 g/mol. The van der Waals surface area contributed by atoms with Gasteiger partial charge >= 0.3 is 0 Å². The van der Waals surface area contributed by atoms with Gasteiger partial charge in [0.15, 0.2) is 5.78 Å². The summed E-state index contributed by atoms with van der Waals surface area (Å²) < 4.78 is 0. The van der Waals surface area contributed by atoms with Gasteiger partial charge in [0.1, 0.15) is 0 Å². The average molecular weight is 187 g/mol. The minimum Gasteiger partial charge on any atom is -0.398 e. The first-order valence-electron chi connectivity index (χ1n) is 5.23. The summed E-state index contributed by atoms with van der Waals surface area (Å²) in [7, 11) is 0. The van der Waals surface area contributed by atoms with Crippen molar-refractivity contribution in [3.8, 4) is 0 Å². The highest BCUT2D eigenvalue weighted by Crippen LogP contribution is 2.36. The van der Waals surface area contributed by atoms with Crippen molar-refractivity contribution >= 4 is 11.5 Å². The van der Waals surface area contributed by atoms with Gasteiger partial charge in [-0.3, -0.25) is 4.79 Å². The fraction of sp³-hybridized carbons (Fsp3) is 0.417. The molecule has 0 aliphatic heterocycles. The summed E-state index contributed by atoms with van der Waals surface area (Å²) in [5.74, 6) is 0.243. The van der Waals surface area contributed by atoms with Crippen molar-refractivity contribution in [1.82, 2.24) is 0 Å². The van der Waals surface area contributed by atoms with Crippen LogP contribution in [0.3, 0.4) is 0 Å². The Morgan fingerprint density at radius 3 is 2.79 bits per heavy atom. The van der Waals surface area contributed by atoms with Crippen molar-refractivity contribution in [2.24, 2.45) is 0 Å². The van der Waals surface area contributed by atoms with Crippen LogP contribution in [0.4, 0.5) is 5.69 Å². The molecule has 0 bridgehead atoms. The Labute approximate surface area is 83.1 Å². The monoisotopic (exact) mass is 187 g/mol. The van der Waals surface area contributed by atoms with E-state index < -0.39 is 0 Å². The maximum Gasteiger partial charge on any atom is 0.165 e. The largest absolute Gasteiger partial charge is 0.398 e. The van der Waals surface area contributed by atoms with E-state index in [4.69, 9.17) is 5.73 Å². The lowest BCUT2D eigenvalue weighted by molar-refractivity contribution is 0.0995. The fourth-order valence-electron chi connectivity index (χ4n) is 2.74.